The van der Waals surface area contributed by atoms with Crippen molar-refractivity contribution in [2.75, 3.05) is 20.1 Å². The van der Waals surface area contributed by atoms with E-state index >= 15 is 0 Å². The number of rotatable bonds is 1. The minimum Gasteiger partial charge on any atom is -0.303 e. The zero-order valence-corrected chi connectivity index (χ0v) is 8.81. The normalized spacial score (nSPS) is 30.8. The van der Waals surface area contributed by atoms with Gasteiger partial charge in [-0.15, -0.1) is 0 Å². The number of alkyl halides is 1. The molecule has 0 spiro atoms. The van der Waals surface area contributed by atoms with Gasteiger partial charge in [-0.05, 0) is 25.9 Å². The van der Waals surface area contributed by atoms with E-state index < -0.39 is 6.17 Å². The van der Waals surface area contributed by atoms with Gasteiger partial charge in [0.1, 0.15) is 6.17 Å². The Kier molecular flexibility index (Phi) is 6.35. The maximum absolute atomic E-state index is 13.1. The Morgan fingerprint density at radius 1 is 1.42 bits per heavy atom. The molecule has 0 N–H and O–H groups in total. The van der Waals surface area contributed by atoms with Gasteiger partial charge >= 0.3 is 0 Å². The highest BCUT2D eigenvalue weighted by Crippen LogP contribution is 2.21. The van der Waals surface area contributed by atoms with Crippen LogP contribution in [0.1, 0.15) is 33.6 Å². The lowest BCUT2D eigenvalue weighted by molar-refractivity contribution is 0.100. The van der Waals surface area contributed by atoms with Crippen molar-refractivity contribution in [2.45, 2.75) is 39.8 Å². The third-order valence-corrected chi connectivity index (χ3v) is 2.40. The van der Waals surface area contributed by atoms with Crippen LogP contribution in [0.2, 0.25) is 0 Å². The summed E-state index contributed by atoms with van der Waals surface area (Å²) >= 11 is 0. The molecule has 0 radical (unpaired) electrons. The van der Waals surface area contributed by atoms with E-state index in [1.54, 1.807) is 0 Å². The van der Waals surface area contributed by atoms with Gasteiger partial charge in [0.25, 0.3) is 0 Å². The fourth-order valence-electron chi connectivity index (χ4n) is 1.57. The Morgan fingerprint density at radius 3 is 2.42 bits per heavy atom. The first-order chi connectivity index (χ1) is 5.74. The zero-order chi connectivity index (χ0) is 9.56. The molecule has 1 rings (SSSR count). The molecule has 0 aromatic carbocycles. The molecule has 0 aromatic heterocycles. The predicted octanol–water partition coefficient (Wildman–Crippen LogP) is 2.71. The summed E-state index contributed by atoms with van der Waals surface area (Å²) in [6.45, 7) is 7.78. The molecule has 1 aliphatic heterocycles. The zero-order valence-electron chi connectivity index (χ0n) is 8.81. The van der Waals surface area contributed by atoms with E-state index in [9.17, 15) is 4.39 Å². The first-order valence-corrected chi connectivity index (χ1v) is 5.06. The molecular formula is C10H22FN. The first-order valence-electron chi connectivity index (χ1n) is 5.06. The van der Waals surface area contributed by atoms with E-state index in [1.807, 2.05) is 20.9 Å². The molecule has 0 saturated carbocycles. The van der Waals surface area contributed by atoms with Crippen LogP contribution in [0.5, 0.6) is 0 Å². The lowest BCUT2D eigenvalue weighted by Crippen LogP contribution is -2.39. The third-order valence-electron chi connectivity index (χ3n) is 2.40. The van der Waals surface area contributed by atoms with E-state index in [0.717, 1.165) is 19.4 Å². The van der Waals surface area contributed by atoms with E-state index in [4.69, 9.17) is 0 Å². The van der Waals surface area contributed by atoms with Crippen LogP contribution in [0.3, 0.4) is 0 Å². The van der Waals surface area contributed by atoms with Gasteiger partial charge in [0.15, 0.2) is 0 Å². The van der Waals surface area contributed by atoms with Crippen molar-refractivity contribution in [3.8, 4) is 0 Å². The number of halogens is 1. The van der Waals surface area contributed by atoms with Crippen LogP contribution in [-0.4, -0.2) is 31.2 Å². The number of piperidine rings is 1. The average Bonchev–Trinajstić information content (AvgIpc) is 2.08. The van der Waals surface area contributed by atoms with Gasteiger partial charge in [-0.25, -0.2) is 4.39 Å². The van der Waals surface area contributed by atoms with Gasteiger partial charge in [0.05, 0.1) is 0 Å². The largest absolute Gasteiger partial charge is 0.303 e. The lowest BCUT2D eigenvalue weighted by Gasteiger charge is -2.31. The molecule has 0 bridgehead atoms. The Morgan fingerprint density at radius 2 is 2.00 bits per heavy atom. The third kappa shape index (κ3) is 3.53. The molecule has 74 valence electrons. The summed E-state index contributed by atoms with van der Waals surface area (Å²) in [6.07, 6.45) is 1.45. The van der Waals surface area contributed by atoms with E-state index in [1.165, 1.54) is 0 Å². The van der Waals surface area contributed by atoms with E-state index in [-0.39, 0.29) is 0 Å². The van der Waals surface area contributed by atoms with Gasteiger partial charge in [-0.1, -0.05) is 27.2 Å². The summed E-state index contributed by atoms with van der Waals surface area (Å²) in [7, 11) is 1.98. The lowest BCUT2D eigenvalue weighted by atomic mass is 9.93. The highest BCUT2D eigenvalue weighted by molar-refractivity contribution is 4.77. The standard InChI is InChI=1S/C8H16FN.C2H6/c1-3-7-4-5-10(2)6-8(7)9;1-2/h7-8H,3-6H2,1-2H3;1-2H3. The maximum Gasteiger partial charge on any atom is 0.116 e. The molecule has 2 atom stereocenters. The SMILES string of the molecule is CC.CCC1CCN(C)CC1F. The van der Waals surface area contributed by atoms with Gasteiger partial charge in [0, 0.05) is 6.54 Å². The second-order valence-corrected chi connectivity index (χ2v) is 3.24. The summed E-state index contributed by atoms with van der Waals surface area (Å²) in [5.74, 6) is 0.330. The Bertz CT molecular complexity index is 106. The smallest absolute Gasteiger partial charge is 0.116 e. The molecule has 1 saturated heterocycles. The van der Waals surface area contributed by atoms with Gasteiger partial charge in [0.2, 0.25) is 0 Å². The van der Waals surface area contributed by atoms with Crippen LogP contribution in [0, 0.1) is 5.92 Å². The van der Waals surface area contributed by atoms with Gasteiger partial charge in [-0.3, -0.25) is 0 Å². The van der Waals surface area contributed by atoms with Crippen molar-refractivity contribution in [3.05, 3.63) is 0 Å². The van der Waals surface area contributed by atoms with Crippen molar-refractivity contribution in [1.82, 2.24) is 4.90 Å². The fourth-order valence-corrected chi connectivity index (χ4v) is 1.57. The molecule has 1 aliphatic rings. The summed E-state index contributed by atoms with van der Waals surface area (Å²) < 4.78 is 13.1. The number of hydrogen-bond donors (Lipinski definition) is 0. The van der Waals surface area contributed by atoms with Crippen molar-refractivity contribution in [1.29, 1.82) is 0 Å². The van der Waals surface area contributed by atoms with Crippen LogP contribution in [0.15, 0.2) is 0 Å². The summed E-state index contributed by atoms with van der Waals surface area (Å²) in [5, 5.41) is 0. The van der Waals surface area contributed by atoms with Crippen LogP contribution in [0.25, 0.3) is 0 Å². The highest BCUT2D eigenvalue weighted by atomic mass is 19.1. The average molecular weight is 175 g/mol. The van der Waals surface area contributed by atoms with Gasteiger partial charge in [-0.2, -0.15) is 0 Å². The van der Waals surface area contributed by atoms with Gasteiger partial charge < -0.3 is 4.90 Å². The van der Waals surface area contributed by atoms with Crippen LogP contribution >= 0.6 is 0 Å². The van der Waals surface area contributed by atoms with Crippen molar-refractivity contribution >= 4 is 0 Å². The van der Waals surface area contributed by atoms with E-state index in [2.05, 4.69) is 11.8 Å². The van der Waals surface area contributed by atoms with Crippen LogP contribution < -0.4 is 0 Å². The molecule has 0 amide bonds. The number of hydrogen-bond acceptors (Lipinski definition) is 1. The summed E-state index contributed by atoms with van der Waals surface area (Å²) in [6, 6.07) is 0. The van der Waals surface area contributed by atoms with E-state index in [0.29, 0.717) is 12.5 Å². The number of nitrogens with zero attached hydrogens (tertiary/aromatic N) is 1. The first kappa shape index (κ1) is 11.9. The fraction of sp³-hybridized carbons (Fsp3) is 1.00. The molecule has 1 heterocycles. The molecule has 1 nitrogen and oxygen atoms in total. The monoisotopic (exact) mass is 175 g/mol. The minimum atomic E-state index is -0.580. The quantitative estimate of drug-likeness (QED) is 0.592. The number of likely N-dealkylation sites (tertiary alicyclic amines) is 1. The molecule has 2 heteroatoms. The van der Waals surface area contributed by atoms with Crippen molar-refractivity contribution < 1.29 is 4.39 Å². The predicted molar refractivity (Wildman–Crippen MR) is 52.1 cm³/mol. The van der Waals surface area contributed by atoms with Crippen molar-refractivity contribution in [2.24, 2.45) is 5.92 Å². The molecule has 0 aliphatic carbocycles. The maximum atomic E-state index is 13.1. The molecule has 1 fully saturated rings. The Labute approximate surface area is 75.9 Å². The topological polar surface area (TPSA) is 3.24 Å². The summed E-state index contributed by atoms with van der Waals surface area (Å²) in [5.41, 5.74) is 0. The highest BCUT2D eigenvalue weighted by Gasteiger charge is 2.25. The van der Waals surface area contributed by atoms with Crippen LogP contribution in [0.4, 0.5) is 4.39 Å². The molecule has 2 unspecified atom stereocenters. The second kappa shape index (κ2) is 6.41. The minimum absolute atomic E-state index is 0.330. The molecular weight excluding hydrogens is 153 g/mol. The molecule has 12 heavy (non-hydrogen) atoms. The Balaban J connectivity index is 0.000000561. The van der Waals surface area contributed by atoms with Crippen LogP contribution in [-0.2, 0) is 0 Å². The Hall–Kier alpha value is -0.110. The molecule has 0 aromatic rings. The summed E-state index contributed by atoms with van der Waals surface area (Å²) in [4.78, 5) is 2.07. The van der Waals surface area contributed by atoms with Crippen molar-refractivity contribution in [3.63, 3.8) is 0 Å². The second-order valence-electron chi connectivity index (χ2n) is 3.24.